The maximum absolute atomic E-state index is 13.7. The molecule has 1 saturated carbocycles. The van der Waals surface area contributed by atoms with Gasteiger partial charge in [0.25, 0.3) is 5.91 Å². The van der Waals surface area contributed by atoms with Crippen LogP contribution in [0.4, 0.5) is 0 Å². The van der Waals surface area contributed by atoms with Gasteiger partial charge in [0.15, 0.2) is 0 Å². The number of rotatable bonds is 7. The standard InChI is InChI=1S/C28H40N4O2/c1-19(2)15-16-31-26(33)25-17-24(22-13-11-21(12-14-22)20(3)4)30-32(25)18-28(31,5)27(34)29-23-9-7-6-8-10-23/h11-14,17,19-20,23H,6-10,15-16,18H2,1-5H3,(H,29,34). The van der Waals surface area contributed by atoms with E-state index in [0.717, 1.165) is 43.4 Å². The fraction of sp³-hybridized carbons (Fsp3) is 0.607. The van der Waals surface area contributed by atoms with Crippen LogP contribution in [0.5, 0.6) is 0 Å². The zero-order valence-electron chi connectivity index (χ0n) is 21.4. The molecule has 1 aliphatic heterocycles. The van der Waals surface area contributed by atoms with Crippen molar-refractivity contribution < 1.29 is 9.59 Å². The molecular formula is C28H40N4O2. The molecule has 1 N–H and O–H groups in total. The van der Waals surface area contributed by atoms with E-state index >= 15 is 0 Å². The fourth-order valence-corrected chi connectivity index (χ4v) is 5.15. The number of benzene rings is 1. The number of hydrogen-bond donors (Lipinski definition) is 1. The van der Waals surface area contributed by atoms with Crippen LogP contribution in [0.25, 0.3) is 11.3 Å². The molecule has 184 valence electrons. The summed E-state index contributed by atoms with van der Waals surface area (Å²) in [7, 11) is 0. The van der Waals surface area contributed by atoms with Gasteiger partial charge < -0.3 is 10.2 Å². The largest absolute Gasteiger partial charge is 0.351 e. The van der Waals surface area contributed by atoms with E-state index in [9.17, 15) is 9.59 Å². The van der Waals surface area contributed by atoms with E-state index in [1.165, 1.54) is 12.0 Å². The molecule has 1 aliphatic carbocycles. The molecule has 0 spiro atoms. The van der Waals surface area contributed by atoms with E-state index in [1.54, 1.807) is 9.58 Å². The lowest BCUT2D eigenvalue weighted by atomic mass is 9.91. The molecule has 1 unspecified atom stereocenters. The van der Waals surface area contributed by atoms with Crippen molar-refractivity contribution in [3.63, 3.8) is 0 Å². The average Bonchev–Trinajstić information content (AvgIpc) is 3.23. The molecule has 1 fully saturated rings. The Kier molecular flexibility index (Phi) is 7.15. The molecule has 1 aromatic carbocycles. The molecule has 0 bridgehead atoms. The van der Waals surface area contributed by atoms with Gasteiger partial charge in [0.05, 0.1) is 12.2 Å². The zero-order chi connectivity index (χ0) is 24.5. The second-order valence-electron chi connectivity index (χ2n) is 11.1. The first kappa shape index (κ1) is 24.5. The molecule has 2 amide bonds. The van der Waals surface area contributed by atoms with Crippen molar-refractivity contribution in [3.05, 3.63) is 41.6 Å². The van der Waals surface area contributed by atoms with Crippen molar-refractivity contribution in [1.82, 2.24) is 20.0 Å². The molecule has 0 saturated heterocycles. The van der Waals surface area contributed by atoms with Gasteiger partial charge in [-0.3, -0.25) is 14.3 Å². The van der Waals surface area contributed by atoms with Gasteiger partial charge in [0.1, 0.15) is 11.2 Å². The lowest BCUT2D eigenvalue weighted by Crippen LogP contribution is -2.65. The summed E-state index contributed by atoms with van der Waals surface area (Å²) in [6.45, 7) is 11.5. The maximum Gasteiger partial charge on any atom is 0.273 e. The zero-order valence-corrected chi connectivity index (χ0v) is 21.4. The lowest BCUT2D eigenvalue weighted by Gasteiger charge is -2.44. The van der Waals surface area contributed by atoms with Crippen LogP contribution < -0.4 is 5.32 Å². The number of hydrogen-bond acceptors (Lipinski definition) is 3. The van der Waals surface area contributed by atoms with Gasteiger partial charge in [-0.15, -0.1) is 0 Å². The maximum atomic E-state index is 13.7. The second kappa shape index (κ2) is 9.93. The highest BCUT2D eigenvalue weighted by molar-refractivity contribution is 6.00. The molecule has 4 rings (SSSR count). The second-order valence-corrected chi connectivity index (χ2v) is 11.1. The van der Waals surface area contributed by atoms with Gasteiger partial charge in [0.2, 0.25) is 5.91 Å². The molecule has 6 nitrogen and oxygen atoms in total. The van der Waals surface area contributed by atoms with Crippen LogP contribution in [0.3, 0.4) is 0 Å². The van der Waals surface area contributed by atoms with E-state index in [-0.39, 0.29) is 17.9 Å². The molecule has 2 aliphatic rings. The number of fused-ring (bicyclic) bond motifs is 1. The summed E-state index contributed by atoms with van der Waals surface area (Å²) in [5.74, 6) is 0.746. The Labute approximate surface area is 204 Å². The number of amides is 2. The fourth-order valence-electron chi connectivity index (χ4n) is 5.15. The monoisotopic (exact) mass is 464 g/mol. The molecular weight excluding hydrogens is 424 g/mol. The van der Waals surface area contributed by atoms with Crippen LogP contribution in [-0.2, 0) is 11.3 Å². The summed E-state index contributed by atoms with van der Waals surface area (Å²) in [6, 6.07) is 10.5. The minimum Gasteiger partial charge on any atom is -0.351 e. The van der Waals surface area contributed by atoms with Gasteiger partial charge in [-0.2, -0.15) is 5.10 Å². The Morgan fingerprint density at radius 3 is 2.41 bits per heavy atom. The highest BCUT2D eigenvalue weighted by atomic mass is 16.2. The third-order valence-electron chi connectivity index (χ3n) is 7.53. The van der Waals surface area contributed by atoms with E-state index in [1.807, 2.05) is 13.0 Å². The van der Waals surface area contributed by atoms with Crippen LogP contribution in [0.15, 0.2) is 30.3 Å². The summed E-state index contributed by atoms with van der Waals surface area (Å²) in [5, 5.41) is 8.07. The van der Waals surface area contributed by atoms with E-state index in [0.29, 0.717) is 30.6 Å². The number of nitrogens with one attached hydrogen (secondary N) is 1. The summed E-state index contributed by atoms with van der Waals surface area (Å²) in [4.78, 5) is 29.1. The van der Waals surface area contributed by atoms with Crippen molar-refractivity contribution in [2.75, 3.05) is 6.54 Å². The Morgan fingerprint density at radius 2 is 1.79 bits per heavy atom. The van der Waals surface area contributed by atoms with Crippen molar-refractivity contribution in [2.45, 2.75) is 97.2 Å². The van der Waals surface area contributed by atoms with E-state index < -0.39 is 5.54 Å². The first-order chi connectivity index (χ1) is 16.2. The summed E-state index contributed by atoms with van der Waals surface area (Å²) < 4.78 is 1.75. The van der Waals surface area contributed by atoms with E-state index in [2.05, 4.69) is 57.3 Å². The summed E-state index contributed by atoms with van der Waals surface area (Å²) in [5.41, 5.74) is 2.65. The number of carbonyl (C=O) groups is 2. The highest BCUT2D eigenvalue weighted by Gasteiger charge is 2.48. The Bertz CT molecular complexity index is 1020. The Morgan fingerprint density at radius 1 is 1.12 bits per heavy atom. The number of aromatic nitrogens is 2. The molecule has 34 heavy (non-hydrogen) atoms. The van der Waals surface area contributed by atoms with Gasteiger partial charge >= 0.3 is 0 Å². The van der Waals surface area contributed by atoms with Crippen LogP contribution >= 0.6 is 0 Å². The van der Waals surface area contributed by atoms with Crippen LogP contribution in [-0.4, -0.2) is 44.6 Å². The van der Waals surface area contributed by atoms with Gasteiger partial charge in [-0.1, -0.05) is 71.2 Å². The van der Waals surface area contributed by atoms with Crippen LogP contribution in [0.2, 0.25) is 0 Å². The molecule has 0 radical (unpaired) electrons. The van der Waals surface area contributed by atoms with Gasteiger partial charge in [0, 0.05) is 18.2 Å². The summed E-state index contributed by atoms with van der Waals surface area (Å²) in [6.07, 6.45) is 6.44. The van der Waals surface area contributed by atoms with Crippen LogP contribution in [0.1, 0.15) is 95.1 Å². The van der Waals surface area contributed by atoms with Crippen molar-refractivity contribution in [1.29, 1.82) is 0 Å². The van der Waals surface area contributed by atoms with Crippen molar-refractivity contribution in [3.8, 4) is 11.3 Å². The predicted octanol–water partition coefficient (Wildman–Crippen LogP) is 5.38. The average molecular weight is 465 g/mol. The number of carbonyl (C=O) groups excluding carboxylic acids is 2. The minimum absolute atomic E-state index is 0.0551. The van der Waals surface area contributed by atoms with Gasteiger partial charge in [-0.05, 0) is 49.7 Å². The predicted molar refractivity (Wildman–Crippen MR) is 136 cm³/mol. The van der Waals surface area contributed by atoms with E-state index in [4.69, 9.17) is 5.10 Å². The molecule has 2 heterocycles. The normalized spacial score (nSPS) is 21.3. The Balaban J connectivity index is 1.64. The topological polar surface area (TPSA) is 67.2 Å². The SMILES string of the molecule is CC(C)CCN1C(=O)c2cc(-c3ccc(C(C)C)cc3)nn2CC1(C)C(=O)NC1CCCCC1. The van der Waals surface area contributed by atoms with Crippen molar-refractivity contribution >= 4 is 11.8 Å². The first-order valence-electron chi connectivity index (χ1n) is 13.0. The molecule has 6 heteroatoms. The number of nitrogens with zero attached hydrogens (tertiary/aromatic N) is 3. The highest BCUT2D eigenvalue weighted by Crippen LogP contribution is 2.32. The smallest absolute Gasteiger partial charge is 0.273 e. The minimum atomic E-state index is -0.957. The molecule has 1 atom stereocenters. The Hall–Kier alpha value is -2.63. The third-order valence-corrected chi connectivity index (χ3v) is 7.53. The van der Waals surface area contributed by atoms with Crippen molar-refractivity contribution in [2.24, 2.45) is 5.92 Å². The molecule has 1 aromatic heterocycles. The summed E-state index contributed by atoms with van der Waals surface area (Å²) >= 11 is 0. The first-order valence-corrected chi connectivity index (χ1v) is 13.0. The third kappa shape index (κ3) is 4.91. The quantitative estimate of drug-likeness (QED) is 0.598. The molecule has 2 aromatic rings. The lowest BCUT2D eigenvalue weighted by molar-refractivity contribution is -0.134. The van der Waals surface area contributed by atoms with Gasteiger partial charge in [-0.25, -0.2) is 0 Å². The van der Waals surface area contributed by atoms with Crippen LogP contribution in [0, 0.1) is 5.92 Å².